The highest BCUT2D eigenvalue weighted by atomic mass is 32.2. The van der Waals surface area contributed by atoms with Crippen molar-refractivity contribution in [1.82, 2.24) is 10.3 Å². The Morgan fingerprint density at radius 2 is 2.30 bits per heavy atom. The average molecular weight is 334 g/mol. The molecule has 0 saturated heterocycles. The molecule has 0 unspecified atom stereocenters. The van der Waals surface area contributed by atoms with Crippen molar-refractivity contribution in [2.24, 2.45) is 4.99 Å². The number of fused-ring (bicyclic) bond motifs is 1. The van der Waals surface area contributed by atoms with Crippen molar-refractivity contribution in [2.75, 3.05) is 19.5 Å². The number of benzene rings is 1. The van der Waals surface area contributed by atoms with Crippen molar-refractivity contribution < 1.29 is 23.5 Å². The number of aliphatic imine (C=N–C) groups is 1. The molecular formula is C14H14N4O4S. The van der Waals surface area contributed by atoms with E-state index in [0.717, 1.165) is 5.52 Å². The molecule has 0 saturated carbocycles. The predicted octanol–water partition coefficient (Wildman–Crippen LogP) is 0.932. The number of hydrogen-bond acceptors (Lipinski definition) is 8. The van der Waals surface area contributed by atoms with Crippen LogP contribution in [0.3, 0.4) is 0 Å². The van der Waals surface area contributed by atoms with E-state index in [2.05, 4.69) is 15.2 Å². The first-order valence-electron chi connectivity index (χ1n) is 6.83. The van der Waals surface area contributed by atoms with Crippen molar-refractivity contribution in [3.8, 4) is 0 Å². The third-order valence-corrected chi connectivity index (χ3v) is 3.66. The molecule has 2 aromatic heterocycles. The number of methoxy groups -OCH3 is 1. The van der Waals surface area contributed by atoms with Gasteiger partial charge in [-0.15, -0.1) is 0 Å². The number of rotatable bonds is 7. The third-order valence-electron chi connectivity index (χ3n) is 2.85. The van der Waals surface area contributed by atoms with Crippen molar-refractivity contribution >= 4 is 34.6 Å². The summed E-state index contributed by atoms with van der Waals surface area (Å²) in [5, 5.41) is 16.0. The number of hydrogen-bond donors (Lipinski definition) is 0. The van der Waals surface area contributed by atoms with Crippen LogP contribution in [0.5, 0.6) is 0 Å². The Labute approximate surface area is 135 Å². The van der Waals surface area contributed by atoms with Gasteiger partial charge in [-0.25, -0.2) is 9.98 Å². The van der Waals surface area contributed by atoms with Crippen molar-refractivity contribution in [1.29, 1.82) is 0 Å². The summed E-state index contributed by atoms with van der Waals surface area (Å²) in [7, 11) is 1.60. The van der Waals surface area contributed by atoms with E-state index in [1.807, 2.05) is 24.3 Å². The van der Waals surface area contributed by atoms with E-state index < -0.39 is 0 Å². The second-order valence-corrected chi connectivity index (χ2v) is 5.46. The smallest absolute Gasteiger partial charge is 0.320 e. The average Bonchev–Trinajstić information content (AvgIpc) is 3.17. The summed E-state index contributed by atoms with van der Waals surface area (Å²) in [5.74, 6) is -0.0949. The number of para-hydroxylation sites is 2. The molecule has 0 bridgehead atoms. The lowest BCUT2D eigenvalue weighted by Crippen LogP contribution is -2.36. The molecule has 0 aliphatic carbocycles. The largest absolute Gasteiger partial charge is 0.861 e. The van der Waals surface area contributed by atoms with E-state index in [-0.39, 0.29) is 17.5 Å². The van der Waals surface area contributed by atoms with E-state index in [4.69, 9.17) is 13.7 Å². The molecule has 0 amide bonds. The summed E-state index contributed by atoms with van der Waals surface area (Å²) in [5.41, 5.74) is 1.45. The molecule has 0 atom stereocenters. The van der Waals surface area contributed by atoms with Crippen LogP contribution < -0.4 is 9.79 Å². The van der Waals surface area contributed by atoms with Gasteiger partial charge in [-0.3, -0.25) is 4.52 Å². The Kier molecular flexibility index (Phi) is 4.89. The van der Waals surface area contributed by atoms with Gasteiger partial charge in [0, 0.05) is 12.9 Å². The second-order valence-electron chi connectivity index (χ2n) is 4.54. The van der Waals surface area contributed by atoms with Gasteiger partial charge in [0.2, 0.25) is 11.8 Å². The summed E-state index contributed by atoms with van der Waals surface area (Å²) in [6.07, 6.45) is 1.54. The highest BCUT2D eigenvalue weighted by molar-refractivity contribution is 7.99. The molecule has 2 heterocycles. The zero-order valence-corrected chi connectivity index (χ0v) is 13.2. The molecule has 23 heavy (non-hydrogen) atoms. The van der Waals surface area contributed by atoms with Gasteiger partial charge >= 0.3 is 5.88 Å². The van der Waals surface area contributed by atoms with Crippen LogP contribution in [0.25, 0.3) is 11.1 Å². The molecule has 9 heteroatoms. The Hall–Kier alpha value is -2.39. The monoisotopic (exact) mass is 334 g/mol. The minimum absolute atomic E-state index is 0.103. The van der Waals surface area contributed by atoms with Crippen LogP contribution in [0, 0.1) is 0 Å². The second kappa shape index (κ2) is 7.25. The van der Waals surface area contributed by atoms with E-state index >= 15 is 0 Å². The maximum atomic E-state index is 11.8. The van der Waals surface area contributed by atoms with Gasteiger partial charge in [-0.1, -0.05) is 23.9 Å². The first-order valence-corrected chi connectivity index (χ1v) is 7.81. The Balaban J connectivity index is 1.59. The van der Waals surface area contributed by atoms with Crippen molar-refractivity contribution in [3.05, 3.63) is 30.5 Å². The summed E-state index contributed by atoms with van der Waals surface area (Å²) in [4.78, 5) is 8.11. The minimum atomic E-state index is -0.354. The zero-order chi connectivity index (χ0) is 16.1. The molecule has 3 aromatic rings. The maximum Gasteiger partial charge on any atom is 0.320 e. The van der Waals surface area contributed by atoms with Gasteiger partial charge < -0.3 is 14.3 Å². The Morgan fingerprint density at radius 3 is 3.13 bits per heavy atom. The van der Waals surface area contributed by atoms with Crippen molar-refractivity contribution in [2.45, 2.75) is 11.8 Å². The van der Waals surface area contributed by atoms with Crippen LogP contribution >= 0.6 is 11.8 Å². The molecule has 1 aromatic carbocycles. The van der Waals surface area contributed by atoms with Crippen LogP contribution in [-0.2, 0) is 11.3 Å². The highest BCUT2D eigenvalue weighted by Crippen LogP contribution is 2.23. The molecule has 3 rings (SSSR count). The van der Waals surface area contributed by atoms with E-state index in [1.54, 1.807) is 13.3 Å². The fraction of sp³-hybridized carbons (Fsp3) is 0.286. The Morgan fingerprint density at radius 1 is 1.43 bits per heavy atom. The van der Waals surface area contributed by atoms with Gasteiger partial charge in [0.25, 0.3) is 11.4 Å². The van der Waals surface area contributed by atoms with Gasteiger partial charge in [0.05, 0.1) is 0 Å². The van der Waals surface area contributed by atoms with E-state index in [1.165, 1.54) is 16.4 Å². The van der Waals surface area contributed by atoms with Crippen LogP contribution in [0.15, 0.2) is 49.6 Å². The number of nitrogens with zero attached hydrogens (tertiary/aromatic N) is 4. The molecule has 0 N–H and O–H groups in total. The summed E-state index contributed by atoms with van der Waals surface area (Å²) < 4.78 is 16.9. The topological polar surface area (TPSA) is 101 Å². The normalized spacial score (nSPS) is 12.1. The molecule has 0 fully saturated rings. The molecule has 0 radical (unpaired) electrons. The molecular weight excluding hydrogens is 320 g/mol. The lowest BCUT2D eigenvalue weighted by molar-refractivity contribution is -0.763. The molecule has 120 valence electrons. The number of aromatic nitrogens is 3. The third kappa shape index (κ3) is 4.08. The van der Waals surface area contributed by atoms with E-state index in [9.17, 15) is 5.11 Å². The Bertz CT molecular complexity index is 781. The first-order chi connectivity index (χ1) is 11.2. The SMILES string of the molecule is COCC[n+]1cc(/N=C(/[O-])CSc2nc3ccccc3o2)on1. The molecule has 0 spiro atoms. The predicted molar refractivity (Wildman–Crippen MR) is 80.4 cm³/mol. The minimum Gasteiger partial charge on any atom is -0.861 e. The fourth-order valence-electron chi connectivity index (χ4n) is 1.80. The summed E-state index contributed by atoms with van der Waals surface area (Å²) in [6, 6.07) is 7.42. The van der Waals surface area contributed by atoms with Crippen molar-refractivity contribution in [3.63, 3.8) is 0 Å². The zero-order valence-electron chi connectivity index (χ0n) is 12.3. The van der Waals surface area contributed by atoms with Gasteiger partial charge in [-0.05, 0) is 22.7 Å². The highest BCUT2D eigenvalue weighted by Gasteiger charge is 2.10. The lowest BCUT2D eigenvalue weighted by atomic mass is 10.3. The summed E-state index contributed by atoms with van der Waals surface area (Å²) in [6.45, 7) is 1.03. The van der Waals surface area contributed by atoms with E-state index in [0.29, 0.717) is 24.0 Å². The number of oxazole rings is 1. The molecule has 0 aliphatic heterocycles. The van der Waals surface area contributed by atoms with Crippen LogP contribution in [0.1, 0.15) is 0 Å². The fourth-order valence-corrected chi connectivity index (χ4v) is 2.42. The first kappa shape index (κ1) is 15.5. The quantitative estimate of drug-likeness (QED) is 0.274. The number of ether oxygens (including phenoxy) is 1. The summed E-state index contributed by atoms with van der Waals surface area (Å²) >= 11 is 1.18. The lowest BCUT2D eigenvalue weighted by Gasteiger charge is -2.05. The van der Waals surface area contributed by atoms with Gasteiger partial charge in [-0.2, -0.15) is 0 Å². The van der Waals surface area contributed by atoms with Gasteiger partial charge in [0.15, 0.2) is 5.58 Å². The standard InChI is InChI=1S/C14H14N4O4S/c1-20-7-6-18-8-13(22-17-18)16-12(19)9-23-14-15-10-4-2-3-5-11(10)21-14/h2-5,8H,6-7,9H2,1H3. The van der Waals surface area contributed by atoms with Crippen LogP contribution in [0.2, 0.25) is 0 Å². The van der Waals surface area contributed by atoms with Crippen LogP contribution in [-0.4, -0.2) is 35.6 Å². The van der Waals surface area contributed by atoms with Gasteiger partial charge in [0.1, 0.15) is 12.1 Å². The van der Waals surface area contributed by atoms with Crippen LogP contribution in [0.4, 0.5) is 5.88 Å². The number of thioether (sulfide) groups is 1. The maximum absolute atomic E-state index is 11.8. The molecule has 0 aliphatic rings. The molecule has 8 nitrogen and oxygen atoms in total.